The van der Waals surface area contributed by atoms with Gasteiger partial charge in [-0.2, -0.15) is 30.4 Å². The first-order valence-corrected chi connectivity index (χ1v) is 10.2. The molecule has 0 N–H and O–H groups in total. The smallest absolute Gasteiger partial charge is 0.490 e. The molecule has 33 heavy (non-hydrogen) atoms. The van der Waals surface area contributed by atoms with Gasteiger partial charge in [-0.25, -0.2) is 4.39 Å². The number of benzene rings is 2. The van der Waals surface area contributed by atoms with Gasteiger partial charge in [-0.1, -0.05) is 13.3 Å². The number of hydrogen-bond donors (Lipinski definition) is 0. The van der Waals surface area contributed by atoms with Gasteiger partial charge < -0.3 is 13.7 Å². The largest absolute Gasteiger partial charge is 0.573 e. The molecule has 0 radical (unpaired) electrons. The van der Waals surface area contributed by atoms with E-state index in [1.54, 1.807) is 6.92 Å². The molecule has 0 heterocycles. The van der Waals surface area contributed by atoms with Crippen LogP contribution in [0.3, 0.4) is 0 Å². The second-order valence-electron chi connectivity index (χ2n) is 6.23. The maximum absolute atomic E-state index is 14.6. The second kappa shape index (κ2) is 9.57. The Labute approximate surface area is 180 Å². The molecule has 0 aromatic heterocycles. The molecule has 0 atom stereocenters. The van der Waals surface area contributed by atoms with Crippen LogP contribution in [0.2, 0.25) is 0 Å². The van der Waals surface area contributed by atoms with Crippen LogP contribution in [0.15, 0.2) is 24.3 Å². The second-order valence-corrected chi connectivity index (χ2v) is 7.76. The molecule has 0 spiro atoms. The lowest BCUT2D eigenvalue weighted by molar-refractivity contribution is -0.275. The molecule has 2 rings (SSSR count). The van der Waals surface area contributed by atoms with Crippen molar-refractivity contribution in [3.63, 3.8) is 0 Å². The van der Waals surface area contributed by atoms with Gasteiger partial charge in [0.25, 0.3) is 0 Å². The monoisotopic (exact) mass is 512 g/mol. The van der Waals surface area contributed by atoms with Gasteiger partial charge in [0, 0.05) is 11.1 Å². The van der Waals surface area contributed by atoms with Crippen molar-refractivity contribution in [3.8, 4) is 28.4 Å². The Hall–Kier alpha value is -2.84. The van der Waals surface area contributed by atoms with Crippen LogP contribution in [-0.4, -0.2) is 26.9 Å². The van der Waals surface area contributed by atoms with Crippen molar-refractivity contribution in [2.45, 2.75) is 31.6 Å². The van der Waals surface area contributed by atoms with Crippen LogP contribution in [0.25, 0.3) is 11.1 Å². The summed E-state index contributed by atoms with van der Waals surface area (Å²) in [5.74, 6) is -10.2. The Balaban J connectivity index is 2.68. The van der Waals surface area contributed by atoms with Crippen LogP contribution < -0.4 is 13.7 Å². The molecule has 2 aromatic rings. The van der Waals surface area contributed by atoms with E-state index in [2.05, 4.69) is 8.92 Å². The molecule has 15 heteroatoms. The lowest BCUT2D eigenvalue weighted by Gasteiger charge is -2.17. The number of halogens is 9. The Morgan fingerprint density at radius 2 is 1.39 bits per heavy atom. The summed E-state index contributed by atoms with van der Waals surface area (Å²) < 4.78 is 154. The minimum absolute atomic E-state index is 0.0253. The van der Waals surface area contributed by atoms with Crippen molar-refractivity contribution in [3.05, 3.63) is 41.7 Å². The molecule has 0 fully saturated rings. The fraction of sp³-hybridized carbons (Fsp3) is 0.333. The third kappa shape index (κ3) is 6.15. The first-order chi connectivity index (χ1) is 15.1. The van der Waals surface area contributed by atoms with Crippen molar-refractivity contribution in [1.82, 2.24) is 0 Å². The number of rotatable bonds is 8. The fourth-order valence-corrected chi connectivity index (χ4v) is 2.85. The summed E-state index contributed by atoms with van der Waals surface area (Å²) >= 11 is 0. The zero-order valence-electron chi connectivity index (χ0n) is 16.3. The van der Waals surface area contributed by atoms with Gasteiger partial charge in [-0.05, 0) is 30.7 Å². The Morgan fingerprint density at radius 1 is 0.818 bits per heavy atom. The van der Waals surface area contributed by atoms with Crippen molar-refractivity contribution in [1.29, 1.82) is 0 Å². The Morgan fingerprint density at radius 3 is 1.94 bits per heavy atom. The Kier molecular flexibility index (Phi) is 7.66. The summed E-state index contributed by atoms with van der Waals surface area (Å²) in [6.07, 6.45) is -4.43. The number of alkyl halides is 6. The van der Waals surface area contributed by atoms with Crippen molar-refractivity contribution in [2.75, 3.05) is 6.61 Å². The molecule has 0 unspecified atom stereocenters. The Bertz CT molecular complexity index is 1110. The average Bonchev–Trinajstić information content (AvgIpc) is 2.67. The predicted octanol–water partition coefficient (Wildman–Crippen LogP) is 6.08. The molecule has 0 amide bonds. The van der Waals surface area contributed by atoms with Crippen molar-refractivity contribution in [2.24, 2.45) is 0 Å². The van der Waals surface area contributed by atoms with E-state index < -0.39 is 67.8 Å². The minimum atomic E-state index is -6.63. The van der Waals surface area contributed by atoms with Crippen LogP contribution >= 0.6 is 0 Å². The highest BCUT2D eigenvalue weighted by Gasteiger charge is 2.49. The lowest BCUT2D eigenvalue weighted by atomic mass is 10.0. The van der Waals surface area contributed by atoms with Crippen LogP contribution in [0.4, 0.5) is 39.5 Å². The summed E-state index contributed by atoms with van der Waals surface area (Å²) in [4.78, 5) is 0. The maximum Gasteiger partial charge on any atom is 0.573 e. The van der Waals surface area contributed by atoms with Crippen LogP contribution in [0.1, 0.15) is 19.8 Å². The van der Waals surface area contributed by atoms with Gasteiger partial charge in [0.2, 0.25) is 11.6 Å². The van der Waals surface area contributed by atoms with E-state index in [4.69, 9.17) is 4.74 Å². The fourth-order valence-electron chi connectivity index (χ4n) is 2.37. The number of ether oxygens (including phenoxy) is 2. The quantitative estimate of drug-likeness (QED) is 0.186. The van der Waals surface area contributed by atoms with E-state index in [0.717, 1.165) is 6.07 Å². The van der Waals surface area contributed by atoms with E-state index >= 15 is 0 Å². The molecular formula is C18H13F9O5S. The van der Waals surface area contributed by atoms with Crippen molar-refractivity contribution >= 4 is 10.1 Å². The minimum Gasteiger partial charge on any atom is -0.490 e. The van der Waals surface area contributed by atoms with Crippen molar-refractivity contribution < 1.29 is 61.6 Å². The third-order valence-corrected chi connectivity index (χ3v) is 4.81. The molecule has 0 bridgehead atoms. The standard InChI is InChI=1S/C18H13F9O5S/c1-2-3-8-30-11-6-4-9(13(19)14(11)20)10-5-7-12(31-17(22,23)24)15(21)16(10)32-33(28,29)18(25,26)27/h4-7H,2-3,8H2,1H3. The van der Waals surface area contributed by atoms with Gasteiger partial charge in [0.1, 0.15) is 0 Å². The molecule has 0 saturated heterocycles. The van der Waals surface area contributed by atoms with E-state index in [9.17, 15) is 47.9 Å². The average molecular weight is 512 g/mol. The molecule has 0 aliphatic rings. The van der Waals surface area contributed by atoms with Gasteiger partial charge >= 0.3 is 22.0 Å². The number of hydrogen-bond acceptors (Lipinski definition) is 5. The van der Waals surface area contributed by atoms with Crippen LogP contribution in [0, 0.1) is 17.5 Å². The molecule has 0 aliphatic heterocycles. The zero-order valence-corrected chi connectivity index (χ0v) is 17.1. The highest BCUT2D eigenvalue weighted by atomic mass is 32.2. The van der Waals surface area contributed by atoms with E-state index in [1.807, 2.05) is 0 Å². The molecule has 0 aliphatic carbocycles. The van der Waals surface area contributed by atoms with E-state index in [0.29, 0.717) is 25.0 Å². The van der Waals surface area contributed by atoms with E-state index in [-0.39, 0.29) is 12.7 Å². The molecule has 5 nitrogen and oxygen atoms in total. The highest BCUT2D eigenvalue weighted by molar-refractivity contribution is 7.88. The summed E-state index contributed by atoms with van der Waals surface area (Å²) in [6, 6.07) is 2.07. The lowest BCUT2D eigenvalue weighted by Crippen LogP contribution is -2.28. The third-order valence-electron chi connectivity index (χ3n) is 3.86. The molecule has 2 aromatic carbocycles. The summed E-state index contributed by atoms with van der Waals surface area (Å²) in [6.45, 7) is 1.75. The van der Waals surface area contributed by atoms with Gasteiger partial charge in [0.15, 0.2) is 23.1 Å². The van der Waals surface area contributed by atoms with Gasteiger partial charge in [-0.3, -0.25) is 0 Å². The summed E-state index contributed by atoms with van der Waals surface area (Å²) in [5, 5.41) is 0. The van der Waals surface area contributed by atoms with Crippen LogP contribution in [-0.2, 0) is 10.1 Å². The molecular weight excluding hydrogens is 499 g/mol. The predicted molar refractivity (Wildman–Crippen MR) is 94.4 cm³/mol. The topological polar surface area (TPSA) is 61.8 Å². The first-order valence-electron chi connectivity index (χ1n) is 8.79. The highest BCUT2D eigenvalue weighted by Crippen LogP contribution is 2.43. The first kappa shape index (κ1) is 26.4. The van der Waals surface area contributed by atoms with E-state index in [1.165, 1.54) is 0 Å². The van der Waals surface area contributed by atoms with Gasteiger partial charge in [0.05, 0.1) is 6.61 Å². The maximum atomic E-state index is 14.6. The molecule has 184 valence electrons. The number of unbranched alkanes of at least 4 members (excludes halogenated alkanes) is 1. The summed E-state index contributed by atoms with van der Waals surface area (Å²) in [5.41, 5.74) is -8.30. The summed E-state index contributed by atoms with van der Waals surface area (Å²) in [7, 11) is -6.63. The normalized spacial score (nSPS) is 12.5. The van der Waals surface area contributed by atoms with Gasteiger partial charge in [-0.15, -0.1) is 13.2 Å². The SMILES string of the molecule is CCCCOc1ccc(-c2ccc(OC(F)(F)F)c(F)c2OS(=O)(=O)C(F)(F)F)c(F)c1F. The zero-order chi connectivity index (χ0) is 25.2. The van der Waals surface area contributed by atoms with Crippen LogP contribution in [0.5, 0.6) is 17.2 Å². The molecule has 0 saturated carbocycles.